The predicted octanol–water partition coefficient (Wildman–Crippen LogP) is 2.18. The highest BCUT2D eigenvalue weighted by atomic mass is 16.4. The molecule has 5 rings (SSSR count). The molecule has 4 aromatic heterocycles. The van der Waals surface area contributed by atoms with Crippen LogP contribution in [0, 0.1) is 0 Å². The van der Waals surface area contributed by atoms with Crippen molar-refractivity contribution < 1.29 is 29.4 Å². The molecule has 1 aliphatic heterocycles. The van der Waals surface area contributed by atoms with Gasteiger partial charge in [0.1, 0.15) is 0 Å². The van der Waals surface area contributed by atoms with Crippen molar-refractivity contribution in [3.8, 4) is 0 Å². The first-order valence-corrected chi connectivity index (χ1v) is 24.6. The molecule has 0 aliphatic carbocycles. The molecule has 0 bridgehead atoms. The van der Waals surface area contributed by atoms with Gasteiger partial charge in [-0.2, -0.15) is 0 Å². The number of nitrogens with zero attached hydrogens (tertiary/aromatic N) is 10. The molecule has 376 valence electrons. The van der Waals surface area contributed by atoms with Gasteiger partial charge in [-0.1, -0.05) is 38.1 Å². The maximum atomic E-state index is 13.4. The number of hydrogen-bond acceptors (Lipinski definition) is 14. The van der Waals surface area contributed by atoms with Crippen LogP contribution >= 0.6 is 0 Å². The number of carboxylic acid groups (broad SMARTS) is 2. The molecule has 1 fully saturated rings. The summed E-state index contributed by atoms with van der Waals surface area (Å²) in [5, 5.41) is 25.8. The molecule has 4 N–H and O–H groups in total. The van der Waals surface area contributed by atoms with Gasteiger partial charge in [0.15, 0.2) is 0 Å². The van der Waals surface area contributed by atoms with Crippen LogP contribution in [0.3, 0.4) is 0 Å². The standard InChI is InChI=1S/C49H70N12O6.C2H6/c62-46(54-22-29-56(24-13-42-9-1-5-18-50-42)25-14-43-10-2-6-19-51-43)17-28-58-31-33-60(40-48(64)65)37-35-59(36-38-61(34-32-58)41-49(66)67)39-47(63)55-23-30-57(26-15-44-11-3-7-20-52-44)27-16-45-12-4-8-21-53-45;1-2/h1-12,18-21H,13-17,22-41H2,(H,54,62)(H,55,63)(H,64,65)(H,66,67);1-2H3. The second-order valence-corrected chi connectivity index (χ2v) is 16.9. The first-order chi connectivity index (χ1) is 33.7. The molecule has 1 saturated heterocycles. The van der Waals surface area contributed by atoms with Crippen LogP contribution in [-0.4, -0.2) is 214 Å². The van der Waals surface area contributed by atoms with Crippen molar-refractivity contribution in [2.75, 3.05) is 131 Å². The topological polar surface area (TPSA) is 204 Å². The van der Waals surface area contributed by atoms with E-state index in [-0.39, 0.29) is 37.9 Å². The van der Waals surface area contributed by atoms with Crippen molar-refractivity contribution in [3.63, 3.8) is 0 Å². The Hall–Kier alpha value is -5.76. The number of nitrogens with one attached hydrogen (secondary N) is 2. The molecule has 0 spiro atoms. The number of carbonyl (C=O) groups excluding carboxylic acids is 2. The van der Waals surface area contributed by atoms with E-state index in [1.54, 1.807) is 24.8 Å². The van der Waals surface area contributed by atoms with Crippen LogP contribution in [0.5, 0.6) is 0 Å². The number of pyridine rings is 4. The molecule has 0 saturated carbocycles. The lowest BCUT2D eigenvalue weighted by Gasteiger charge is -2.33. The Labute approximate surface area is 409 Å². The molecule has 0 radical (unpaired) electrons. The van der Waals surface area contributed by atoms with E-state index in [2.05, 4.69) is 45.3 Å². The predicted molar refractivity (Wildman–Crippen MR) is 268 cm³/mol. The molecule has 4 aromatic rings. The zero-order chi connectivity index (χ0) is 49.3. The van der Waals surface area contributed by atoms with E-state index in [1.165, 1.54) is 0 Å². The number of carbonyl (C=O) groups is 4. The van der Waals surface area contributed by atoms with Gasteiger partial charge in [0.05, 0.1) is 19.6 Å². The van der Waals surface area contributed by atoms with E-state index >= 15 is 0 Å². The van der Waals surface area contributed by atoms with Crippen LogP contribution in [0.15, 0.2) is 97.6 Å². The van der Waals surface area contributed by atoms with E-state index in [0.29, 0.717) is 85.1 Å². The van der Waals surface area contributed by atoms with Crippen LogP contribution in [0.4, 0.5) is 0 Å². The van der Waals surface area contributed by atoms with Crippen molar-refractivity contribution in [2.24, 2.45) is 0 Å². The summed E-state index contributed by atoms with van der Waals surface area (Å²) in [6.45, 7) is 13.1. The Bertz CT molecular complexity index is 1890. The van der Waals surface area contributed by atoms with E-state index in [0.717, 1.165) is 74.6 Å². The fourth-order valence-electron chi connectivity index (χ4n) is 7.92. The smallest absolute Gasteiger partial charge is 0.317 e. The molecule has 0 unspecified atom stereocenters. The maximum Gasteiger partial charge on any atom is 0.317 e. The largest absolute Gasteiger partial charge is 0.480 e. The van der Waals surface area contributed by atoms with Crippen LogP contribution in [-0.2, 0) is 44.9 Å². The first kappa shape index (κ1) is 55.8. The average Bonchev–Trinajstić information content (AvgIpc) is 3.36. The van der Waals surface area contributed by atoms with Gasteiger partial charge < -0.3 is 35.5 Å². The third-order valence-electron chi connectivity index (χ3n) is 11.8. The van der Waals surface area contributed by atoms with E-state index in [1.807, 2.05) is 101 Å². The Morgan fingerprint density at radius 3 is 1.10 bits per heavy atom. The quantitative estimate of drug-likeness (QED) is 0.0677. The highest BCUT2D eigenvalue weighted by Gasteiger charge is 2.21. The Morgan fingerprint density at radius 1 is 0.464 bits per heavy atom. The van der Waals surface area contributed by atoms with Gasteiger partial charge in [-0.3, -0.25) is 53.8 Å². The third kappa shape index (κ3) is 24.9. The molecule has 0 aromatic carbocycles. The number of amides is 2. The Morgan fingerprint density at radius 2 is 0.783 bits per heavy atom. The van der Waals surface area contributed by atoms with E-state index in [9.17, 15) is 29.4 Å². The summed E-state index contributed by atoms with van der Waals surface area (Å²) in [4.78, 5) is 80.9. The van der Waals surface area contributed by atoms with Crippen molar-refractivity contribution >= 4 is 23.8 Å². The van der Waals surface area contributed by atoms with Crippen molar-refractivity contribution in [3.05, 3.63) is 120 Å². The second-order valence-electron chi connectivity index (χ2n) is 16.9. The van der Waals surface area contributed by atoms with Crippen LogP contribution in [0.1, 0.15) is 43.0 Å². The summed E-state index contributed by atoms with van der Waals surface area (Å²) in [7, 11) is 0. The van der Waals surface area contributed by atoms with Gasteiger partial charge in [-0.15, -0.1) is 0 Å². The van der Waals surface area contributed by atoms with Gasteiger partial charge >= 0.3 is 11.9 Å². The van der Waals surface area contributed by atoms with Gasteiger partial charge in [0, 0.05) is 191 Å². The van der Waals surface area contributed by atoms with Crippen LogP contribution in [0.2, 0.25) is 0 Å². The molecular formula is C51H76N12O6. The molecule has 18 nitrogen and oxygen atoms in total. The third-order valence-corrected chi connectivity index (χ3v) is 11.8. The van der Waals surface area contributed by atoms with Crippen LogP contribution in [0.25, 0.3) is 0 Å². The zero-order valence-corrected chi connectivity index (χ0v) is 40.9. The minimum absolute atomic E-state index is 0.0825. The lowest BCUT2D eigenvalue weighted by molar-refractivity contribution is -0.139. The highest BCUT2D eigenvalue weighted by molar-refractivity contribution is 5.78. The lowest BCUT2D eigenvalue weighted by atomic mass is 10.2. The summed E-state index contributed by atoms with van der Waals surface area (Å²) in [5.41, 5.74) is 4.04. The number of hydrogen-bond donors (Lipinski definition) is 4. The minimum atomic E-state index is -0.945. The first-order valence-electron chi connectivity index (χ1n) is 24.6. The second kappa shape index (κ2) is 33.7. The fraction of sp³-hybridized carbons (Fsp3) is 0.529. The number of aromatic nitrogens is 4. The van der Waals surface area contributed by atoms with Crippen molar-refractivity contribution in [1.29, 1.82) is 0 Å². The molecule has 5 heterocycles. The summed E-state index contributed by atoms with van der Waals surface area (Å²) in [6, 6.07) is 23.6. The SMILES string of the molecule is CC.O=C(O)CN1CCN(CCC(=O)NCCN(CCc2ccccn2)CCc2ccccn2)CCN(CC(=O)O)CCN(CC(=O)NCCN(CCc2ccccn2)CCc2ccccn2)CC1. The van der Waals surface area contributed by atoms with Gasteiger partial charge in [0.25, 0.3) is 0 Å². The summed E-state index contributed by atoms with van der Waals surface area (Å²) in [5.74, 6) is -2.12. The normalized spacial score (nSPS) is 14.6. The van der Waals surface area contributed by atoms with Crippen molar-refractivity contribution in [1.82, 2.24) is 60.0 Å². The van der Waals surface area contributed by atoms with Gasteiger partial charge in [-0.05, 0) is 48.5 Å². The van der Waals surface area contributed by atoms with Gasteiger partial charge in [0.2, 0.25) is 11.8 Å². The van der Waals surface area contributed by atoms with E-state index in [4.69, 9.17) is 0 Å². The molecule has 2 amide bonds. The number of aliphatic carboxylic acids is 2. The number of carboxylic acids is 2. The molecular weight excluding hydrogens is 877 g/mol. The van der Waals surface area contributed by atoms with Gasteiger partial charge in [-0.25, -0.2) is 0 Å². The van der Waals surface area contributed by atoms with Crippen molar-refractivity contribution in [2.45, 2.75) is 46.0 Å². The maximum absolute atomic E-state index is 13.4. The van der Waals surface area contributed by atoms with Crippen LogP contribution < -0.4 is 10.6 Å². The highest BCUT2D eigenvalue weighted by Crippen LogP contribution is 2.06. The molecule has 0 atom stereocenters. The fourth-order valence-corrected chi connectivity index (χ4v) is 7.92. The summed E-state index contributed by atoms with van der Waals surface area (Å²) in [6.07, 6.45) is 10.6. The number of rotatable bonds is 27. The monoisotopic (exact) mass is 953 g/mol. The molecule has 1 aliphatic rings. The summed E-state index contributed by atoms with van der Waals surface area (Å²) < 4.78 is 0. The molecule has 69 heavy (non-hydrogen) atoms. The molecule has 18 heteroatoms. The average molecular weight is 953 g/mol. The Kier molecular flexibility index (Phi) is 27.3. The summed E-state index contributed by atoms with van der Waals surface area (Å²) >= 11 is 0. The lowest BCUT2D eigenvalue weighted by Crippen LogP contribution is -2.50. The Balaban J connectivity index is 0.00000511. The van der Waals surface area contributed by atoms with E-state index < -0.39 is 11.9 Å². The minimum Gasteiger partial charge on any atom is -0.480 e. The zero-order valence-electron chi connectivity index (χ0n) is 40.9.